The molecule has 1 aliphatic rings. The van der Waals surface area contributed by atoms with Crippen LogP contribution in [0.2, 0.25) is 0 Å². The highest BCUT2D eigenvalue weighted by molar-refractivity contribution is 8.00. The number of carbonyl (C=O) groups excluding carboxylic acids is 1. The molecule has 1 atom stereocenters. The van der Waals surface area contributed by atoms with E-state index in [4.69, 9.17) is 4.74 Å². The third-order valence-electron chi connectivity index (χ3n) is 4.22. The van der Waals surface area contributed by atoms with Crippen molar-refractivity contribution in [3.05, 3.63) is 42.9 Å². The van der Waals surface area contributed by atoms with Gasteiger partial charge in [0.2, 0.25) is 5.91 Å². The Morgan fingerprint density at radius 2 is 2.19 bits per heavy atom. The van der Waals surface area contributed by atoms with Gasteiger partial charge >= 0.3 is 0 Å². The number of thioether (sulfide) groups is 1. The van der Waals surface area contributed by atoms with Gasteiger partial charge < -0.3 is 10.1 Å². The third-order valence-corrected chi connectivity index (χ3v) is 5.23. The number of hydrogen-bond donors (Lipinski definition) is 1. The lowest BCUT2D eigenvalue weighted by atomic mass is 10.2. The Hall–Kier alpha value is -2.45. The number of rotatable bonds is 6. The number of carbonyl (C=O) groups is 1. The fraction of sp³-hybridized carbons (Fsp3) is 0.333. The predicted molar refractivity (Wildman–Crippen MR) is 99.4 cm³/mol. The van der Waals surface area contributed by atoms with Crippen LogP contribution in [-0.4, -0.2) is 50.7 Å². The lowest BCUT2D eigenvalue weighted by Crippen LogP contribution is -2.32. The van der Waals surface area contributed by atoms with Gasteiger partial charge in [-0.25, -0.2) is 14.6 Å². The van der Waals surface area contributed by atoms with Gasteiger partial charge in [0, 0.05) is 13.2 Å². The van der Waals surface area contributed by atoms with Crippen molar-refractivity contribution >= 4 is 28.7 Å². The molecule has 1 saturated heterocycles. The maximum atomic E-state index is 12.1. The zero-order valence-corrected chi connectivity index (χ0v) is 15.0. The summed E-state index contributed by atoms with van der Waals surface area (Å²) in [5, 5.41) is 8.95. The first-order valence-corrected chi connectivity index (χ1v) is 9.55. The van der Waals surface area contributed by atoms with Gasteiger partial charge in [-0.05, 0) is 25.0 Å². The fourth-order valence-electron chi connectivity index (χ4n) is 2.91. The molecule has 7 nitrogen and oxygen atoms in total. The molecule has 0 spiro atoms. The summed E-state index contributed by atoms with van der Waals surface area (Å²) in [6.07, 6.45) is 5.49. The van der Waals surface area contributed by atoms with Gasteiger partial charge in [0.15, 0.2) is 5.65 Å². The molecule has 0 aliphatic carbocycles. The van der Waals surface area contributed by atoms with Crippen molar-refractivity contribution in [2.75, 3.05) is 18.9 Å². The molecule has 8 heteroatoms. The van der Waals surface area contributed by atoms with E-state index in [1.807, 2.05) is 30.3 Å². The van der Waals surface area contributed by atoms with Gasteiger partial charge in [0.05, 0.1) is 29.1 Å². The lowest BCUT2D eigenvalue weighted by Gasteiger charge is -2.10. The molecule has 0 saturated carbocycles. The van der Waals surface area contributed by atoms with Crippen molar-refractivity contribution in [3.8, 4) is 5.69 Å². The first kappa shape index (κ1) is 17.0. The summed E-state index contributed by atoms with van der Waals surface area (Å²) >= 11 is 1.39. The average Bonchev–Trinajstić information content (AvgIpc) is 3.35. The van der Waals surface area contributed by atoms with Crippen molar-refractivity contribution in [2.24, 2.45) is 0 Å². The lowest BCUT2D eigenvalue weighted by molar-refractivity contribution is -0.119. The van der Waals surface area contributed by atoms with Crippen LogP contribution >= 0.6 is 11.8 Å². The molecule has 1 fully saturated rings. The van der Waals surface area contributed by atoms with E-state index in [1.165, 1.54) is 18.1 Å². The molecule has 0 radical (unpaired) electrons. The molecule has 4 rings (SSSR count). The number of nitrogens with zero attached hydrogens (tertiary/aromatic N) is 4. The van der Waals surface area contributed by atoms with Crippen molar-refractivity contribution in [3.63, 3.8) is 0 Å². The van der Waals surface area contributed by atoms with Gasteiger partial charge in [-0.3, -0.25) is 4.79 Å². The van der Waals surface area contributed by atoms with Gasteiger partial charge in [0.1, 0.15) is 11.4 Å². The predicted octanol–water partition coefficient (Wildman–Crippen LogP) is 2.20. The molecule has 0 bridgehead atoms. The number of ether oxygens (including phenoxy) is 1. The number of aromatic nitrogens is 4. The number of para-hydroxylation sites is 1. The summed E-state index contributed by atoms with van der Waals surface area (Å²) in [4.78, 5) is 20.8. The third kappa shape index (κ3) is 3.71. The number of fused-ring (bicyclic) bond motifs is 1. The zero-order valence-electron chi connectivity index (χ0n) is 14.2. The van der Waals surface area contributed by atoms with E-state index in [-0.39, 0.29) is 12.0 Å². The van der Waals surface area contributed by atoms with Crippen LogP contribution in [0.3, 0.4) is 0 Å². The molecule has 1 N–H and O–H groups in total. The van der Waals surface area contributed by atoms with E-state index >= 15 is 0 Å². The standard InChI is InChI=1S/C18H19N5O2S/c24-16(19-9-14-7-4-8-25-14)11-26-18-15-10-22-23(17(15)20-12-21-18)13-5-2-1-3-6-13/h1-3,5-6,10,12,14H,4,7-9,11H2,(H,19,24)/t14-/m0/s1. The van der Waals surface area contributed by atoms with E-state index in [9.17, 15) is 4.79 Å². The Balaban J connectivity index is 1.44. The second-order valence-electron chi connectivity index (χ2n) is 6.04. The van der Waals surface area contributed by atoms with Gasteiger partial charge in [-0.15, -0.1) is 0 Å². The van der Waals surface area contributed by atoms with Crippen LogP contribution < -0.4 is 5.32 Å². The Morgan fingerprint density at radius 1 is 1.31 bits per heavy atom. The van der Waals surface area contributed by atoms with Gasteiger partial charge in [0.25, 0.3) is 0 Å². The minimum absolute atomic E-state index is 0.0206. The van der Waals surface area contributed by atoms with Crippen LogP contribution in [0.15, 0.2) is 47.9 Å². The Labute approximate surface area is 155 Å². The Morgan fingerprint density at radius 3 is 3.00 bits per heavy atom. The van der Waals surface area contributed by atoms with Crippen molar-refractivity contribution in [2.45, 2.75) is 24.0 Å². The summed E-state index contributed by atoms with van der Waals surface area (Å²) in [5.41, 5.74) is 1.67. The van der Waals surface area contributed by atoms with Gasteiger partial charge in [-0.1, -0.05) is 30.0 Å². The molecule has 134 valence electrons. The quantitative estimate of drug-likeness (QED) is 0.530. The molecule has 2 aromatic heterocycles. The second kappa shape index (κ2) is 7.84. The molecular weight excluding hydrogens is 350 g/mol. The second-order valence-corrected chi connectivity index (χ2v) is 7.00. The van der Waals surface area contributed by atoms with Crippen molar-refractivity contribution in [1.29, 1.82) is 0 Å². The highest BCUT2D eigenvalue weighted by atomic mass is 32.2. The topological polar surface area (TPSA) is 81.9 Å². The van der Waals surface area contributed by atoms with Crippen LogP contribution in [0.4, 0.5) is 0 Å². The van der Waals surface area contributed by atoms with Crippen LogP contribution in [0.5, 0.6) is 0 Å². The largest absolute Gasteiger partial charge is 0.376 e. The molecule has 1 aromatic carbocycles. The van der Waals surface area contributed by atoms with Crippen LogP contribution in [0.25, 0.3) is 16.7 Å². The molecule has 3 aromatic rings. The number of hydrogen-bond acceptors (Lipinski definition) is 6. The molecular formula is C18H19N5O2S. The van der Waals surface area contributed by atoms with E-state index in [1.54, 1.807) is 10.9 Å². The molecule has 1 aliphatic heterocycles. The van der Waals surface area contributed by atoms with Crippen LogP contribution in [-0.2, 0) is 9.53 Å². The number of benzene rings is 1. The highest BCUT2D eigenvalue weighted by Gasteiger charge is 2.17. The van der Waals surface area contributed by atoms with Crippen LogP contribution in [0.1, 0.15) is 12.8 Å². The first-order chi connectivity index (χ1) is 12.8. The van der Waals surface area contributed by atoms with Gasteiger partial charge in [-0.2, -0.15) is 5.10 Å². The number of nitrogens with one attached hydrogen (secondary N) is 1. The summed E-state index contributed by atoms with van der Waals surface area (Å²) in [6, 6.07) is 9.82. The van der Waals surface area contributed by atoms with Crippen molar-refractivity contribution < 1.29 is 9.53 Å². The van der Waals surface area contributed by atoms with E-state index in [0.717, 1.165) is 41.2 Å². The first-order valence-electron chi connectivity index (χ1n) is 8.56. The molecule has 1 amide bonds. The van der Waals surface area contributed by atoms with E-state index in [0.29, 0.717) is 12.3 Å². The summed E-state index contributed by atoms with van der Waals surface area (Å²) < 4.78 is 7.29. The fourth-order valence-corrected chi connectivity index (χ4v) is 3.70. The van der Waals surface area contributed by atoms with E-state index in [2.05, 4.69) is 20.4 Å². The minimum atomic E-state index is -0.0206. The SMILES string of the molecule is O=C(CSc1ncnc2c1cnn2-c1ccccc1)NC[C@@H]1CCCO1. The Bertz CT molecular complexity index is 893. The molecule has 3 heterocycles. The minimum Gasteiger partial charge on any atom is -0.376 e. The maximum Gasteiger partial charge on any atom is 0.230 e. The Kier molecular flexibility index (Phi) is 5.12. The molecule has 26 heavy (non-hydrogen) atoms. The molecule has 0 unspecified atom stereocenters. The normalized spacial score (nSPS) is 16.8. The maximum absolute atomic E-state index is 12.1. The van der Waals surface area contributed by atoms with Crippen molar-refractivity contribution in [1.82, 2.24) is 25.1 Å². The summed E-state index contributed by atoms with van der Waals surface area (Å²) in [5.74, 6) is 0.280. The van der Waals surface area contributed by atoms with Crippen LogP contribution in [0, 0.1) is 0 Å². The highest BCUT2D eigenvalue weighted by Crippen LogP contribution is 2.25. The monoisotopic (exact) mass is 369 g/mol. The van der Waals surface area contributed by atoms with E-state index < -0.39 is 0 Å². The zero-order chi connectivity index (χ0) is 17.8. The summed E-state index contributed by atoms with van der Waals surface area (Å²) in [6.45, 7) is 1.37. The average molecular weight is 369 g/mol. The number of amides is 1. The smallest absolute Gasteiger partial charge is 0.230 e. The summed E-state index contributed by atoms with van der Waals surface area (Å²) in [7, 11) is 0.